The zero-order chi connectivity index (χ0) is 11.8. The molecule has 0 aliphatic heterocycles. The summed E-state index contributed by atoms with van der Waals surface area (Å²) in [6.07, 6.45) is 2.23. The molecule has 0 spiro atoms. The molecule has 1 aromatic carbocycles. The maximum atomic E-state index is 5.70. The predicted octanol–water partition coefficient (Wildman–Crippen LogP) is 3.15. The quantitative estimate of drug-likeness (QED) is 0.763. The Balaban J connectivity index is 2.20. The van der Waals surface area contributed by atoms with Crippen LogP contribution in [0.1, 0.15) is 32.3 Å². The number of hydrogen-bond donors (Lipinski definition) is 1. The van der Waals surface area contributed by atoms with E-state index in [0.717, 1.165) is 25.3 Å². The maximum absolute atomic E-state index is 5.70. The summed E-state index contributed by atoms with van der Waals surface area (Å²) in [4.78, 5) is 0. The third kappa shape index (κ3) is 5.17. The molecule has 0 radical (unpaired) electrons. The van der Waals surface area contributed by atoms with E-state index >= 15 is 0 Å². The summed E-state index contributed by atoms with van der Waals surface area (Å²) in [6, 6.07) is 8.73. The molecule has 1 unspecified atom stereocenters. The van der Waals surface area contributed by atoms with Gasteiger partial charge in [-0.2, -0.15) is 0 Å². The van der Waals surface area contributed by atoms with Crippen LogP contribution in [0, 0.1) is 6.92 Å². The Morgan fingerprint density at radius 2 is 2.19 bits per heavy atom. The Labute approximate surface area is 99.0 Å². The average Bonchev–Trinajstić information content (AvgIpc) is 2.26. The van der Waals surface area contributed by atoms with Crippen molar-refractivity contribution in [3.63, 3.8) is 0 Å². The van der Waals surface area contributed by atoms with Crippen molar-refractivity contribution in [3.05, 3.63) is 29.8 Å². The largest absolute Gasteiger partial charge is 0.494 e. The number of rotatable bonds is 7. The summed E-state index contributed by atoms with van der Waals surface area (Å²) in [5, 5.41) is 3.45. The fourth-order valence-electron chi connectivity index (χ4n) is 1.55. The summed E-state index contributed by atoms with van der Waals surface area (Å²) < 4.78 is 5.70. The lowest BCUT2D eigenvalue weighted by Crippen LogP contribution is -2.28. The van der Waals surface area contributed by atoms with Crippen LogP contribution in [0.4, 0.5) is 0 Å². The zero-order valence-electron chi connectivity index (χ0n) is 10.6. The monoisotopic (exact) mass is 221 g/mol. The fraction of sp³-hybridized carbons (Fsp3) is 0.571. The number of benzene rings is 1. The van der Waals surface area contributed by atoms with Crippen molar-refractivity contribution in [3.8, 4) is 5.75 Å². The normalized spacial score (nSPS) is 12.4. The SMILES string of the molecule is CCCNC(C)CCOc1cccc(C)c1. The van der Waals surface area contributed by atoms with Crippen LogP contribution < -0.4 is 10.1 Å². The van der Waals surface area contributed by atoms with Crippen LogP contribution in [0.3, 0.4) is 0 Å². The number of hydrogen-bond acceptors (Lipinski definition) is 2. The Kier molecular flexibility index (Phi) is 5.94. The second-order valence-electron chi connectivity index (χ2n) is 4.31. The summed E-state index contributed by atoms with van der Waals surface area (Å²) in [5.41, 5.74) is 1.25. The molecule has 1 rings (SSSR count). The van der Waals surface area contributed by atoms with Gasteiger partial charge in [0.2, 0.25) is 0 Å². The molecule has 16 heavy (non-hydrogen) atoms. The maximum Gasteiger partial charge on any atom is 0.119 e. The highest BCUT2D eigenvalue weighted by atomic mass is 16.5. The minimum Gasteiger partial charge on any atom is -0.494 e. The van der Waals surface area contributed by atoms with Crippen molar-refractivity contribution < 1.29 is 4.74 Å². The Bertz CT molecular complexity index is 299. The molecule has 0 saturated heterocycles. The van der Waals surface area contributed by atoms with E-state index in [1.165, 1.54) is 12.0 Å². The van der Waals surface area contributed by atoms with Gasteiger partial charge in [-0.3, -0.25) is 0 Å². The van der Waals surface area contributed by atoms with Gasteiger partial charge in [-0.25, -0.2) is 0 Å². The molecule has 1 atom stereocenters. The lowest BCUT2D eigenvalue weighted by Gasteiger charge is -2.13. The van der Waals surface area contributed by atoms with Gasteiger partial charge in [0.1, 0.15) is 5.75 Å². The molecule has 2 nitrogen and oxygen atoms in total. The number of aryl methyl sites for hydroxylation is 1. The van der Waals surface area contributed by atoms with E-state index < -0.39 is 0 Å². The lowest BCUT2D eigenvalue weighted by molar-refractivity contribution is 0.290. The highest BCUT2D eigenvalue weighted by Crippen LogP contribution is 2.12. The van der Waals surface area contributed by atoms with Crippen molar-refractivity contribution in [2.45, 2.75) is 39.7 Å². The van der Waals surface area contributed by atoms with Gasteiger partial charge in [0, 0.05) is 6.04 Å². The molecule has 2 heteroatoms. The van der Waals surface area contributed by atoms with Gasteiger partial charge in [-0.05, 0) is 50.9 Å². The third-order valence-corrected chi connectivity index (χ3v) is 2.55. The van der Waals surface area contributed by atoms with E-state index in [1.807, 2.05) is 12.1 Å². The third-order valence-electron chi connectivity index (χ3n) is 2.55. The van der Waals surface area contributed by atoms with Gasteiger partial charge < -0.3 is 10.1 Å². The minimum atomic E-state index is 0.532. The molecule has 0 aromatic heterocycles. The average molecular weight is 221 g/mol. The van der Waals surface area contributed by atoms with Crippen molar-refractivity contribution in [2.75, 3.05) is 13.2 Å². The van der Waals surface area contributed by atoms with E-state index in [1.54, 1.807) is 0 Å². The van der Waals surface area contributed by atoms with Gasteiger partial charge in [-0.1, -0.05) is 19.1 Å². The minimum absolute atomic E-state index is 0.532. The van der Waals surface area contributed by atoms with Crippen molar-refractivity contribution in [1.82, 2.24) is 5.32 Å². The molecule has 0 fully saturated rings. The van der Waals surface area contributed by atoms with E-state index in [9.17, 15) is 0 Å². The van der Waals surface area contributed by atoms with Gasteiger partial charge in [0.05, 0.1) is 6.61 Å². The Morgan fingerprint density at radius 1 is 1.38 bits per heavy atom. The summed E-state index contributed by atoms with van der Waals surface area (Å²) >= 11 is 0. The lowest BCUT2D eigenvalue weighted by atomic mass is 10.2. The topological polar surface area (TPSA) is 21.3 Å². The van der Waals surface area contributed by atoms with Crippen molar-refractivity contribution in [1.29, 1.82) is 0 Å². The molecule has 1 aromatic rings. The van der Waals surface area contributed by atoms with Crippen LogP contribution in [0.25, 0.3) is 0 Å². The van der Waals surface area contributed by atoms with Crippen LogP contribution in [-0.2, 0) is 0 Å². The molecule has 0 amide bonds. The van der Waals surface area contributed by atoms with Crippen molar-refractivity contribution in [2.24, 2.45) is 0 Å². The molecular weight excluding hydrogens is 198 g/mol. The second-order valence-corrected chi connectivity index (χ2v) is 4.31. The first-order chi connectivity index (χ1) is 7.72. The predicted molar refractivity (Wildman–Crippen MR) is 69.0 cm³/mol. The zero-order valence-corrected chi connectivity index (χ0v) is 10.6. The summed E-state index contributed by atoms with van der Waals surface area (Å²) in [5.74, 6) is 0.975. The van der Waals surface area contributed by atoms with Crippen molar-refractivity contribution >= 4 is 0 Å². The standard InChI is InChI=1S/C14H23NO/c1-4-9-15-13(3)8-10-16-14-7-5-6-12(2)11-14/h5-7,11,13,15H,4,8-10H2,1-3H3. The van der Waals surface area contributed by atoms with Crippen LogP contribution in [0.5, 0.6) is 5.75 Å². The van der Waals surface area contributed by atoms with Crippen LogP contribution in [-0.4, -0.2) is 19.2 Å². The summed E-state index contributed by atoms with van der Waals surface area (Å²) in [6.45, 7) is 8.34. The molecular formula is C14H23NO. The van der Waals surface area contributed by atoms with E-state index in [4.69, 9.17) is 4.74 Å². The molecule has 0 saturated carbocycles. The fourth-order valence-corrected chi connectivity index (χ4v) is 1.55. The van der Waals surface area contributed by atoms with Gasteiger partial charge in [0.25, 0.3) is 0 Å². The summed E-state index contributed by atoms with van der Waals surface area (Å²) in [7, 11) is 0. The molecule has 90 valence electrons. The van der Waals surface area contributed by atoms with E-state index in [2.05, 4.69) is 38.2 Å². The first-order valence-electron chi connectivity index (χ1n) is 6.15. The highest BCUT2D eigenvalue weighted by Gasteiger charge is 2.00. The molecule has 0 heterocycles. The number of ether oxygens (including phenoxy) is 1. The van der Waals surface area contributed by atoms with Crippen LogP contribution in [0.2, 0.25) is 0 Å². The first-order valence-corrected chi connectivity index (χ1v) is 6.15. The molecule has 0 aliphatic rings. The van der Waals surface area contributed by atoms with Crippen LogP contribution >= 0.6 is 0 Å². The smallest absolute Gasteiger partial charge is 0.119 e. The molecule has 0 aliphatic carbocycles. The Hall–Kier alpha value is -1.02. The molecule has 0 bridgehead atoms. The van der Waals surface area contributed by atoms with Gasteiger partial charge >= 0.3 is 0 Å². The van der Waals surface area contributed by atoms with Crippen LogP contribution in [0.15, 0.2) is 24.3 Å². The molecule has 1 N–H and O–H groups in total. The van der Waals surface area contributed by atoms with Gasteiger partial charge in [0.15, 0.2) is 0 Å². The van der Waals surface area contributed by atoms with E-state index in [0.29, 0.717) is 6.04 Å². The Morgan fingerprint density at radius 3 is 2.88 bits per heavy atom. The first kappa shape index (κ1) is 13.0. The highest BCUT2D eigenvalue weighted by molar-refractivity contribution is 5.27. The number of nitrogens with one attached hydrogen (secondary N) is 1. The second kappa shape index (κ2) is 7.29. The van der Waals surface area contributed by atoms with E-state index in [-0.39, 0.29) is 0 Å². The van der Waals surface area contributed by atoms with Gasteiger partial charge in [-0.15, -0.1) is 0 Å².